The van der Waals surface area contributed by atoms with E-state index in [0.717, 1.165) is 62.4 Å². The molecular weight excluding hydrogens is 588 g/mol. The predicted octanol–water partition coefficient (Wildman–Crippen LogP) is 13.1. The summed E-state index contributed by atoms with van der Waals surface area (Å²) >= 11 is 0. The van der Waals surface area contributed by atoms with E-state index in [9.17, 15) is 0 Å². The Bertz CT molecular complexity index is 2730. The molecular formula is C46H29FO. The van der Waals surface area contributed by atoms with Crippen molar-refractivity contribution in [2.24, 2.45) is 0 Å². The highest BCUT2D eigenvalue weighted by atomic mass is 19.1. The first-order valence-corrected chi connectivity index (χ1v) is 16.6. The Balaban J connectivity index is 1.32. The summed E-state index contributed by atoms with van der Waals surface area (Å²) in [6, 6.07) is 48.9. The maximum atomic E-state index is 15.9. The van der Waals surface area contributed by atoms with Crippen LogP contribution in [-0.2, 0) is 6.42 Å². The van der Waals surface area contributed by atoms with Crippen LogP contribution in [0.15, 0.2) is 150 Å². The van der Waals surface area contributed by atoms with Crippen molar-refractivity contribution in [3.8, 4) is 33.4 Å². The minimum absolute atomic E-state index is 0.135. The average molecular weight is 617 g/mol. The normalized spacial score (nSPS) is 12.9. The molecule has 0 fully saturated rings. The topological polar surface area (TPSA) is 13.1 Å². The van der Waals surface area contributed by atoms with Crippen LogP contribution in [0.25, 0.3) is 93.7 Å². The van der Waals surface area contributed by atoms with E-state index in [1.54, 1.807) is 0 Å². The molecule has 1 heterocycles. The standard InChI is InChI=1S/C46H29FO/c47-45-35-22-10-8-20-33(35)42(34-21-9-11-23-36(34)45)37-24-13-27-40-44(37)39-26-12-25-38(46(39)48-40)43-31-18-6-4-16-29(31)41(28-14-2-1-3-15-28)30-17-5-7-19-32(30)43/h1-8,10-20,22-27H,9,21H2. The van der Waals surface area contributed by atoms with Crippen LogP contribution in [0.5, 0.6) is 0 Å². The number of hydrogen-bond donors (Lipinski definition) is 0. The number of benzene rings is 8. The second-order valence-corrected chi connectivity index (χ2v) is 12.7. The highest BCUT2D eigenvalue weighted by Gasteiger charge is 2.25. The monoisotopic (exact) mass is 616 g/mol. The highest BCUT2D eigenvalue weighted by Crippen LogP contribution is 2.49. The first kappa shape index (κ1) is 27.2. The summed E-state index contributed by atoms with van der Waals surface area (Å²) in [5.74, 6) is -0.135. The smallest absolute Gasteiger partial charge is 0.143 e. The fourth-order valence-corrected chi connectivity index (χ4v) is 8.22. The molecule has 1 aliphatic carbocycles. The first-order valence-electron chi connectivity index (χ1n) is 16.6. The second-order valence-electron chi connectivity index (χ2n) is 12.7. The van der Waals surface area contributed by atoms with Gasteiger partial charge >= 0.3 is 0 Å². The van der Waals surface area contributed by atoms with E-state index in [-0.39, 0.29) is 5.82 Å². The largest absolute Gasteiger partial charge is 0.455 e. The lowest BCUT2D eigenvalue weighted by Gasteiger charge is -2.20. The minimum atomic E-state index is -0.135. The Morgan fingerprint density at radius 1 is 0.479 bits per heavy atom. The van der Waals surface area contributed by atoms with Gasteiger partial charge in [0.15, 0.2) is 0 Å². The Morgan fingerprint density at radius 3 is 1.75 bits per heavy atom. The Labute approximate surface area is 277 Å². The summed E-state index contributed by atoms with van der Waals surface area (Å²) in [5, 5.41) is 8.52. The molecule has 0 N–H and O–H groups in total. The van der Waals surface area contributed by atoms with Gasteiger partial charge in [-0.05, 0) is 73.7 Å². The molecule has 1 aromatic heterocycles. The Hall–Kier alpha value is -5.99. The number of halogens is 1. The maximum absolute atomic E-state index is 15.9. The minimum Gasteiger partial charge on any atom is -0.455 e. The van der Waals surface area contributed by atoms with Crippen molar-refractivity contribution in [3.05, 3.63) is 163 Å². The molecule has 0 atom stereocenters. The fourth-order valence-electron chi connectivity index (χ4n) is 8.22. The highest BCUT2D eigenvalue weighted by molar-refractivity contribution is 6.25. The van der Waals surface area contributed by atoms with Crippen molar-refractivity contribution in [3.63, 3.8) is 0 Å². The molecule has 8 aromatic carbocycles. The summed E-state index contributed by atoms with van der Waals surface area (Å²) in [7, 11) is 0. The zero-order valence-electron chi connectivity index (χ0n) is 26.1. The summed E-state index contributed by atoms with van der Waals surface area (Å²) in [5.41, 5.74) is 10.3. The third-order valence-corrected chi connectivity index (χ3v) is 10.2. The van der Waals surface area contributed by atoms with Gasteiger partial charge < -0.3 is 4.42 Å². The van der Waals surface area contributed by atoms with Gasteiger partial charge in [-0.2, -0.15) is 0 Å². The van der Waals surface area contributed by atoms with E-state index >= 15 is 4.39 Å². The van der Waals surface area contributed by atoms with Gasteiger partial charge in [0.1, 0.15) is 17.0 Å². The van der Waals surface area contributed by atoms with Crippen LogP contribution in [0.3, 0.4) is 0 Å². The quantitative estimate of drug-likeness (QED) is 0.180. The third kappa shape index (κ3) is 3.83. The predicted molar refractivity (Wildman–Crippen MR) is 200 cm³/mol. The van der Waals surface area contributed by atoms with Crippen LogP contribution < -0.4 is 0 Å². The van der Waals surface area contributed by atoms with Crippen molar-refractivity contribution in [1.82, 2.24) is 0 Å². The summed E-state index contributed by atoms with van der Waals surface area (Å²) in [6.45, 7) is 0. The number of allylic oxidation sites excluding steroid dienone is 1. The zero-order chi connectivity index (χ0) is 31.8. The number of hydrogen-bond acceptors (Lipinski definition) is 1. The molecule has 0 unspecified atom stereocenters. The fraction of sp³-hybridized carbons (Fsp3) is 0.0435. The van der Waals surface area contributed by atoms with E-state index in [1.165, 1.54) is 38.2 Å². The molecule has 10 rings (SSSR count). The van der Waals surface area contributed by atoms with E-state index in [2.05, 4.69) is 127 Å². The molecule has 0 spiro atoms. The van der Waals surface area contributed by atoms with E-state index in [0.29, 0.717) is 10.9 Å². The maximum Gasteiger partial charge on any atom is 0.143 e. The van der Waals surface area contributed by atoms with Crippen LogP contribution in [0.2, 0.25) is 0 Å². The molecule has 0 radical (unpaired) electrons. The second kappa shape index (κ2) is 10.5. The molecule has 1 aliphatic rings. The lowest BCUT2D eigenvalue weighted by Crippen LogP contribution is -2.03. The van der Waals surface area contributed by atoms with Gasteiger partial charge in [-0.15, -0.1) is 0 Å². The van der Waals surface area contributed by atoms with Crippen LogP contribution in [0.1, 0.15) is 17.5 Å². The van der Waals surface area contributed by atoms with Gasteiger partial charge in [0.05, 0.1) is 0 Å². The molecule has 1 nitrogen and oxygen atoms in total. The van der Waals surface area contributed by atoms with Crippen LogP contribution >= 0.6 is 0 Å². The number of para-hydroxylation sites is 1. The van der Waals surface area contributed by atoms with Crippen molar-refractivity contribution < 1.29 is 8.81 Å². The molecule has 2 heteroatoms. The van der Waals surface area contributed by atoms with E-state index < -0.39 is 0 Å². The van der Waals surface area contributed by atoms with Gasteiger partial charge in [0, 0.05) is 32.8 Å². The Kier molecular flexibility index (Phi) is 5.95. The SMILES string of the molecule is Fc1c2c(c(-c3cccc4oc5c(-c6c7ccccc7c(-c7ccccc7)c7ccccc67)cccc5c34)c3ccccc13)CCC=C2. The Morgan fingerprint density at radius 2 is 1.04 bits per heavy atom. The van der Waals surface area contributed by atoms with Crippen LogP contribution in [0.4, 0.5) is 4.39 Å². The average Bonchev–Trinajstić information content (AvgIpc) is 3.54. The molecule has 0 saturated heterocycles. The summed E-state index contributed by atoms with van der Waals surface area (Å²) in [6.07, 6.45) is 5.74. The first-order chi connectivity index (χ1) is 23.8. The van der Waals surface area contributed by atoms with Gasteiger partial charge in [-0.1, -0.05) is 146 Å². The van der Waals surface area contributed by atoms with Gasteiger partial charge in [0.25, 0.3) is 0 Å². The van der Waals surface area contributed by atoms with Gasteiger partial charge in [0.2, 0.25) is 0 Å². The van der Waals surface area contributed by atoms with Crippen molar-refractivity contribution in [2.75, 3.05) is 0 Å². The molecule has 9 aromatic rings. The summed E-state index contributed by atoms with van der Waals surface area (Å²) in [4.78, 5) is 0. The third-order valence-electron chi connectivity index (χ3n) is 10.2. The van der Waals surface area contributed by atoms with Crippen molar-refractivity contribution >= 4 is 60.3 Å². The van der Waals surface area contributed by atoms with Crippen LogP contribution in [-0.4, -0.2) is 0 Å². The molecule has 0 saturated carbocycles. The number of fused-ring (bicyclic) bond motifs is 7. The van der Waals surface area contributed by atoms with Gasteiger partial charge in [-0.25, -0.2) is 4.39 Å². The lowest BCUT2D eigenvalue weighted by molar-refractivity contribution is 0.633. The van der Waals surface area contributed by atoms with Crippen molar-refractivity contribution in [1.29, 1.82) is 0 Å². The van der Waals surface area contributed by atoms with E-state index in [1.807, 2.05) is 24.3 Å². The van der Waals surface area contributed by atoms with Crippen LogP contribution in [0, 0.1) is 5.82 Å². The molecule has 48 heavy (non-hydrogen) atoms. The molecule has 0 aliphatic heterocycles. The van der Waals surface area contributed by atoms with Crippen molar-refractivity contribution in [2.45, 2.75) is 12.8 Å². The number of furan rings is 1. The van der Waals surface area contributed by atoms with Gasteiger partial charge in [-0.3, -0.25) is 0 Å². The summed E-state index contributed by atoms with van der Waals surface area (Å²) < 4.78 is 22.8. The zero-order valence-corrected chi connectivity index (χ0v) is 26.1. The van der Waals surface area contributed by atoms with E-state index in [4.69, 9.17) is 4.42 Å². The lowest BCUT2D eigenvalue weighted by atomic mass is 9.83. The molecule has 0 bridgehead atoms. The number of rotatable bonds is 3. The molecule has 0 amide bonds. The molecule has 226 valence electrons.